The van der Waals surface area contributed by atoms with Crippen molar-refractivity contribution in [1.82, 2.24) is 21.3 Å². The van der Waals surface area contributed by atoms with Crippen LogP contribution < -0.4 is 21.3 Å². The highest BCUT2D eigenvalue weighted by Crippen LogP contribution is 2.19. The summed E-state index contributed by atoms with van der Waals surface area (Å²) < 4.78 is 14.0. The number of aliphatic imine (C=N–C) groups is 1. The van der Waals surface area contributed by atoms with E-state index in [-0.39, 0.29) is 23.3 Å². The second-order valence-electron chi connectivity index (χ2n) is 5.98. The van der Waals surface area contributed by atoms with E-state index in [1.165, 1.54) is 11.6 Å². The van der Waals surface area contributed by atoms with Gasteiger partial charge >= 0.3 is 0 Å². The zero-order valence-electron chi connectivity index (χ0n) is 16.7. The number of terminal acetylenes is 1. The zero-order valence-corrected chi connectivity index (χ0v) is 17.4. The highest BCUT2D eigenvalue weighted by atomic mass is 35.5. The van der Waals surface area contributed by atoms with Crippen molar-refractivity contribution in [1.29, 1.82) is 0 Å². The monoisotopic (exact) mass is 405 g/mol. The molecule has 0 saturated carbocycles. The predicted octanol–water partition coefficient (Wildman–Crippen LogP) is 3.08. The van der Waals surface area contributed by atoms with Crippen LogP contribution in [0.2, 0.25) is 0 Å². The number of hydrogen-bond acceptors (Lipinski definition) is 5. The Hall–Kier alpha value is -2.33. The molecule has 1 aliphatic heterocycles. The summed E-state index contributed by atoms with van der Waals surface area (Å²) in [7, 11) is 3.66. The highest BCUT2D eigenvalue weighted by Gasteiger charge is 2.12. The molecule has 152 valence electrons. The smallest absolute Gasteiger partial charge is 0.154 e. The first kappa shape index (κ1) is 23.7. The van der Waals surface area contributed by atoms with Gasteiger partial charge in [0.25, 0.3) is 0 Å². The van der Waals surface area contributed by atoms with Crippen LogP contribution in [0.25, 0.3) is 0 Å². The summed E-state index contributed by atoms with van der Waals surface area (Å²) in [5.74, 6) is 1.76. The van der Waals surface area contributed by atoms with E-state index in [4.69, 9.17) is 18.0 Å². The van der Waals surface area contributed by atoms with E-state index < -0.39 is 5.83 Å². The van der Waals surface area contributed by atoms with Gasteiger partial charge in [-0.1, -0.05) is 29.7 Å². The normalized spacial score (nSPS) is 18.4. The lowest BCUT2D eigenvalue weighted by molar-refractivity contribution is 0.556. The summed E-state index contributed by atoms with van der Waals surface area (Å²) >= 11 is 5.77. The van der Waals surface area contributed by atoms with Crippen molar-refractivity contribution in [2.24, 2.45) is 4.99 Å². The fraction of sp³-hybridized carbons (Fsp3) is 0.381. The quantitative estimate of drug-likeness (QED) is 0.140. The molecular formula is C21H29ClFN5. The molecule has 1 atom stereocenters. The molecule has 1 unspecified atom stereocenters. The molecule has 0 aromatic carbocycles. The lowest BCUT2D eigenvalue weighted by Crippen LogP contribution is -2.40. The van der Waals surface area contributed by atoms with Gasteiger partial charge in [0.1, 0.15) is 0 Å². The molecule has 7 heteroatoms. The van der Waals surface area contributed by atoms with Gasteiger partial charge < -0.3 is 10.6 Å². The van der Waals surface area contributed by atoms with E-state index in [9.17, 15) is 4.39 Å². The minimum Gasteiger partial charge on any atom is -0.378 e. The first-order valence-corrected chi connectivity index (χ1v) is 9.46. The van der Waals surface area contributed by atoms with Crippen LogP contribution >= 0.6 is 11.6 Å². The molecule has 1 rings (SSSR count). The van der Waals surface area contributed by atoms with E-state index in [2.05, 4.69) is 38.3 Å². The number of nitrogens with one attached hydrogen (secondary N) is 4. The molecular weight excluding hydrogens is 377 g/mol. The first-order valence-electron chi connectivity index (χ1n) is 9.09. The summed E-state index contributed by atoms with van der Waals surface area (Å²) in [4.78, 5) is 4.11. The number of rotatable bonds is 11. The van der Waals surface area contributed by atoms with Crippen LogP contribution in [0.3, 0.4) is 0 Å². The van der Waals surface area contributed by atoms with Gasteiger partial charge in [-0.05, 0) is 50.2 Å². The molecule has 0 aromatic heterocycles. The summed E-state index contributed by atoms with van der Waals surface area (Å²) in [6.45, 7) is 2.29. The fourth-order valence-corrected chi connectivity index (χ4v) is 2.67. The molecule has 1 heterocycles. The molecule has 1 aliphatic rings. The Balaban J connectivity index is 2.54. The molecule has 4 N–H and O–H groups in total. The van der Waals surface area contributed by atoms with Crippen molar-refractivity contribution in [3.05, 3.63) is 58.2 Å². The van der Waals surface area contributed by atoms with Crippen LogP contribution in [0.1, 0.15) is 19.8 Å². The Morgan fingerprint density at radius 3 is 2.93 bits per heavy atom. The molecule has 0 amide bonds. The van der Waals surface area contributed by atoms with Crippen LogP contribution in [0, 0.1) is 12.3 Å². The Labute approximate surface area is 172 Å². The van der Waals surface area contributed by atoms with Crippen LogP contribution in [0.4, 0.5) is 4.39 Å². The largest absolute Gasteiger partial charge is 0.378 e. The second-order valence-corrected chi connectivity index (χ2v) is 6.38. The molecule has 0 saturated heterocycles. The van der Waals surface area contributed by atoms with Crippen molar-refractivity contribution in [3.8, 4) is 12.3 Å². The standard InChI is InChI=1S/C21H29ClFN5/c1-5-17(20(23)19(22)6-2)14-27-15-26-13-16(12-24-3)9-10-18-8-7-11-28-21(18)25-4/h1,6-8,11-13,21,25-28H,9-10,14-15H2,2-4H3/b16-13?,19-6+,20-17-,24-12?. The number of halogens is 2. The number of allylic oxidation sites excluding steroid dienone is 6. The third-order valence-electron chi connectivity index (χ3n) is 4.04. The summed E-state index contributed by atoms with van der Waals surface area (Å²) in [6.07, 6.45) is 18.5. The second kappa shape index (κ2) is 13.8. The van der Waals surface area contributed by atoms with Gasteiger partial charge in [-0.25, -0.2) is 4.39 Å². The number of hydrogen-bond donors (Lipinski definition) is 4. The van der Waals surface area contributed by atoms with Gasteiger partial charge in [0.05, 0.1) is 23.4 Å². The maximum absolute atomic E-state index is 14.0. The molecule has 0 fully saturated rings. The predicted molar refractivity (Wildman–Crippen MR) is 118 cm³/mol. The topological polar surface area (TPSA) is 60.5 Å². The van der Waals surface area contributed by atoms with Crippen LogP contribution in [0.5, 0.6) is 0 Å². The van der Waals surface area contributed by atoms with E-state index >= 15 is 0 Å². The van der Waals surface area contributed by atoms with Gasteiger partial charge in [0.2, 0.25) is 0 Å². The van der Waals surface area contributed by atoms with E-state index in [1.807, 2.05) is 31.7 Å². The average Bonchev–Trinajstić information content (AvgIpc) is 2.73. The lowest BCUT2D eigenvalue weighted by atomic mass is 10.0. The van der Waals surface area contributed by atoms with Gasteiger partial charge in [0.15, 0.2) is 5.83 Å². The molecule has 0 bridgehead atoms. The van der Waals surface area contributed by atoms with Crippen molar-refractivity contribution in [3.63, 3.8) is 0 Å². The summed E-state index contributed by atoms with van der Waals surface area (Å²) in [5, 5.41) is 12.7. The minimum absolute atomic E-state index is 0.0188. The molecule has 0 aliphatic carbocycles. The van der Waals surface area contributed by atoms with Gasteiger partial charge in [0, 0.05) is 26.0 Å². The SMILES string of the molecule is C#C/C(CNCNC=C(C=NC)CCC1=CC=CNC1NC)=C(F)\C(Cl)=C/C. The number of likely N-dealkylation sites (N-methyl/N-ethyl adjacent to an activating group) is 1. The maximum Gasteiger partial charge on any atom is 0.154 e. The molecule has 28 heavy (non-hydrogen) atoms. The van der Waals surface area contributed by atoms with Crippen molar-refractivity contribution < 1.29 is 4.39 Å². The summed E-state index contributed by atoms with van der Waals surface area (Å²) in [5.41, 5.74) is 2.52. The van der Waals surface area contributed by atoms with Crippen molar-refractivity contribution >= 4 is 17.8 Å². The molecule has 5 nitrogen and oxygen atoms in total. The van der Waals surface area contributed by atoms with Crippen LogP contribution in [0.15, 0.2) is 63.2 Å². The van der Waals surface area contributed by atoms with Crippen molar-refractivity contribution in [2.45, 2.75) is 25.9 Å². The maximum atomic E-state index is 14.0. The average molecular weight is 406 g/mol. The van der Waals surface area contributed by atoms with E-state index in [0.717, 1.165) is 18.4 Å². The number of dihydropyridines is 1. The number of nitrogens with zero attached hydrogens (tertiary/aromatic N) is 1. The fourth-order valence-electron chi connectivity index (χ4n) is 2.56. The third kappa shape index (κ3) is 8.13. The Bertz CT molecular complexity index is 726. The highest BCUT2D eigenvalue weighted by molar-refractivity contribution is 6.31. The Morgan fingerprint density at radius 1 is 1.50 bits per heavy atom. The Kier molecular flexibility index (Phi) is 11.7. The zero-order chi connectivity index (χ0) is 20.8. The third-order valence-corrected chi connectivity index (χ3v) is 4.43. The molecule has 0 spiro atoms. The summed E-state index contributed by atoms with van der Waals surface area (Å²) in [6, 6.07) is 0. The minimum atomic E-state index is -0.573. The van der Waals surface area contributed by atoms with Gasteiger partial charge in [-0.15, -0.1) is 6.42 Å². The van der Waals surface area contributed by atoms with Gasteiger partial charge in [-0.2, -0.15) is 0 Å². The van der Waals surface area contributed by atoms with Crippen LogP contribution in [-0.2, 0) is 0 Å². The van der Waals surface area contributed by atoms with E-state index in [1.54, 1.807) is 14.0 Å². The van der Waals surface area contributed by atoms with Crippen molar-refractivity contribution in [2.75, 3.05) is 27.3 Å². The lowest BCUT2D eigenvalue weighted by Gasteiger charge is -2.23. The van der Waals surface area contributed by atoms with Crippen LogP contribution in [-0.4, -0.2) is 39.7 Å². The van der Waals surface area contributed by atoms with E-state index in [0.29, 0.717) is 6.67 Å². The van der Waals surface area contributed by atoms with Gasteiger partial charge in [-0.3, -0.25) is 15.6 Å². The Morgan fingerprint density at radius 2 is 2.29 bits per heavy atom. The first-order chi connectivity index (χ1) is 13.6. The molecule has 0 radical (unpaired) electrons. The molecule has 0 aromatic rings.